The van der Waals surface area contributed by atoms with Gasteiger partial charge in [0.25, 0.3) is 0 Å². The Bertz CT molecular complexity index is 623. The van der Waals surface area contributed by atoms with Crippen LogP contribution in [0.2, 0.25) is 5.02 Å². The van der Waals surface area contributed by atoms with Gasteiger partial charge in [0.2, 0.25) is 0 Å². The van der Waals surface area contributed by atoms with Crippen LogP contribution in [0.3, 0.4) is 0 Å². The number of nitrogens with zero attached hydrogens (tertiary/aromatic N) is 2. The van der Waals surface area contributed by atoms with Crippen molar-refractivity contribution in [3.05, 3.63) is 44.4 Å². The Morgan fingerprint density at radius 1 is 1.35 bits per heavy atom. The minimum Gasteiger partial charge on any atom is -0.493 e. The summed E-state index contributed by atoms with van der Waals surface area (Å²) >= 11 is 7.69. The second kappa shape index (κ2) is 6.74. The molecule has 0 radical (unpaired) electrons. The van der Waals surface area contributed by atoms with Gasteiger partial charge in [-0.15, -0.1) is 11.3 Å². The lowest BCUT2D eigenvalue weighted by Crippen LogP contribution is -2.01. The van der Waals surface area contributed by atoms with Gasteiger partial charge in [-0.1, -0.05) is 11.6 Å². The molecule has 0 saturated carbocycles. The molecule has 0 saturated heterocycles. The first kappa shape index (κ1) is 14.8. The molecule has 0 N–H and O–H groups in total. The summed E-state index contributed by atoms with van der Waals surface area (Å²) in [6, 6.07) is 6.01. The predicted molar refractivity (Wildman–Crippen MR) is 81.6 cm³/mol. The van der Waals surface area contributed by atoms with Crippen LogP contribution in [-0.2, 0) is 12.8 Å². The van der Waals surface area contributed by atoms with Crippen molar-refractivity contribution < 1.29 is 4.74 Å². The number of hydrogen-bond donors (Lipinski definition) is 0. The molecule has 0 bridgehead atoms. The van der Waals surface area contributed by atoms with Crippen molar-refractivity contribution in [1.82, 2.24) is 4.98 Å². The Morgan fingerprint density at radius 2 is 2.05 bits per heavy atom. The van der Waals surface area contributed by atoms with E-state index in [0.29, 0.717) is 13.0 Å². The van der Waals surface area contributed by atoms with Gasteiger partial charge < -0.3 is 4.74 Å². The third-order valence-corrected chi connectivity index (χ3v) is 4.50. The van der Waals surface area contributed by atoms with Crippen molar-refractivity contribution in [2.24, 2.45) is 0 Å². The summed E-state index contributed by atoms with van der Waals surface area (Å²) in [5, 5.41) is 10.4. The highest BCUT2D eigenvalue weighted by atomic mass is 35.5. The molecule has 0 spiro atoms. The van der Waals surface area contributed by atoms with Crippen molar-refractivity contribution in [1.29, 1.82) is 5.26 Å². The number of aromatic nitrogens is 1. The molecule has 3 nitrogen and oxygen atoms in total. The first-order chi connectivity index (χ1) is 9.60. The maximum absolute atomic E-state index is 8.62. The van der Waals surface area contributed by atoms with Crippen LogP contribution >= 0.6 is 22.9 Å². The molecule has 5 heteroatoms. The Hall–Kier alpha value is -1.57. The normalized spacial score (nSPS) is 10.3. The zero-order chi connectivity index (χ0) is 14.5. The maximum atomic E-state index is 8.62. The molecule has 20 heavy (non-hydrogen) atoms. The van der Waals surface area contributed by atoms with Gasteiger partial charge in [-0.25, -0.2) is 4.98 Å². The number of ether oxygens (including phenoxy) is 1. The molecule has 1 heterocycles. The predicted octanol–water partition coefficient (Wildman–Crippen LogP) is 4.10. The molecule has 0 aliphatic carbocycles. The van der Waals surface area contributed by atoms with Crippen LogP contribution in [0, 0.1) is 25.2 Å². The molecular formula is C15H15ClN2OS. The van der Waals surface area contributed by atoms with E-state index in [1.807, 2.05) is 26.0 Å². The lowest BCUT2D eigenvalue weighted by molar-refractivity contribution is 0.321. The molecule has 2 aromatic rings. The fraction of sp³-hybridized carbons (Fsp3) is 0.333. The van der Waals surface area contributed by atoms with Gasteiger partial charge in [0.05, 0.1) is 24.1 Å². The summed E-state index contributed by atoms with van der Waals surface area (Å²) in [5.41, 5.74) is 2.04. The number of nitriles is 1. The fourth-order valence-electron chi connectivity index (χ4n) is 1.87. The van der Waals surface area contributed by atoms with Crippen molar-refractivity contribution >= 4 is 22.9 Å². The molecule has 0 aliphatic rings. The van der Waals surface area contributed by atoms with E-state index in [1.165, 1.54) is 0 Å². The molecule has 1 aromatic carbocycles. The van der Waals surface area contributed by atoms with Crippen molar-refractivity contribution in [3.63, 3.8) is 0 Å². The maximum Gasteiger partial charge on any atom is 0.119 e. The molecule has 0 aliphatic heterocycles. The zero-order valence-electron chi connectivity index (χ0n) is 11.4. The zero-order valence-corrected chi connectivity index (χ0v) is 13.0. The SMILES string of the molecule is Cc1cc(OCCc2ncc(CC#N)s2)cc(C)c1Cl. The van der Waals surface area contributed by atoms with E-state index in [1.54, 1.807) is 17.5 Å². The third-order valence-electron chi connectivity index (χ3n) is 2.85. The number of aryl methyl sites for hydroxylation is 2. The van der Waals surface area contributed by atoms with E-state index in [9.17, 15) is 0 Å². The minimum absolute atomic E-state index is 0.425. The second-order valence-corrected chi connectivity index (χ2v) is 6.10. The molecule has 0 fully saturated rings. The van der Waals surface area contributed by atoms with Gasteiger partial charge in [-0.05, 0) is 37.1 Å². The van der Waals surface area contributed by atoms with Gasteiger partial charge in [-0.3, -0.25) is 0 Å². The van der Waals surface area contributed by atoms with Gasteiger partial charge in [0.1, 0.15) is 5.75 Å². The highest BCUT2D eigenvalue weighted by Gasteiger charge is 2.05. The largest absolute Gasteiger partial charge is 0.493 e. The summed E-state index contributed by atoms with van der Waals surface area (Å²) in [5.74, 6) is 0.832. The molecule has 2 rings (SSSR count). The van der Waals surface area contributed by atoms with Gasteiger partial charge >= 0.3 is 0 Å². The molecule has 1 aromatic heterocycles. The van der Waals surface area contributed by atoms with E-state index in [2.05, 4.69) is 11.1 Å². The van der Waals surface area contributed by atoms with Gasteiger partial charge in [0, 0.05) is 22.5 Å². The Kier molecular flexibility index (Phi) is 4.99. The Morgan fingerprint density at radius 3 is 2.70 bits per heavy atom. The van der Waals surface area contributed by atoms with Gasteiger partial charge in [-0.2, -0.15) is 5.26 Å². The second-order valence-electron chi connectivity index (χ2n) is 4.52. The summed E-state index contributed by atoms with van der Waals surface area (Å²) in [6.45, 7) is 4.51. The summed E-state index contributed by atoms with van der Waals surface area (Å²) in [7, 11) is 0. The Labute approximate surface area is 127 Å². The average molecular weight is 307 g/mol. The van der Waals surface area contributed by atoms with E-state index in [0.717, 1.165) is 38.2 Å². The number of benzene rings is 1. The van der Waals surface area contributed by atoms with Crippen LogP contribution in [0.1, 0.15) is 21.0 Å². The first-order valence-corrected chi connectivity index (χ1v) is 7.49. The summed E-state index contributed by atoms with van der Waals surface area (Å²) < 4.78 is 5.74. The Balaban J connectivity index is 1.91. The van der Waals surface area contributed by atoms with Crippen LogP contribution in [0.15, 0.2) is 18.3 Å². The monoisotopic (exact) mass is 306 g/mol. The standard InChI is InChI=1S/C15H15ClN2OS/c1-10-7-12(8-11(2)15(10)16)19-6-4-14-18-9-13(20-14)3-5-17/h7-9H,3-4,6H2,1-2H3. The number of hydrogen-bond acceptors (Lipinski definition) is 4. The topological polar surface area (TPSA) is 45.9 Å². The van der Waals surface area contributed by atoms with Crippen LogP contribution in [-0.4, -0.2) is 11.6 Å². The smallest absolute Gasteiger partial charge is 0.119 e. The van der Waals surface area contributed by atoms with Crippen LogP contribution in [0.5, 0.6) is 5.75 Å². The van der Waals surface area contributed by atoms with E-state index in [-0.39, 0.29) is 0 Å². The average Bonchev–Trinajstić information content (AvgIpc) is 2.84. The van der Waals surface area contributed by atoms with E-state index >= 15 is 0 Å². The molecule has 0 atom stereocenters. The minimum atomic E-state index is 0.425. The summed E-state index contributed by atoms with van der Waals surface area (Å²) in [4.78, 5) is 5.28. The van der Waals surface area contributed by atoms with E-state index in [4.69, 9.17) is 21.6 Å². The van der Waals surface area contributed by atoms with Crippen molar-refractivity contribution in [2.45, 2.75) is 26.7 Å². The lowest BCUT2D eigenvalue weighted by Gasteiger charge is -2.09. The number of rotatable bonds is 5. The van der Waals surface area contributed by atoms with Crippen LogP contribution in [0.25, 0.3) is 0 Å². The first-order valence-electron chi connectivity index (χ1n) is 6.30. The van der Waals surface area contributed by atoms with Gasteiger partial charge in [0.15, 0.2) is 0 Å². The molecule has 0 amide bonds. The quantitative estimate of drug-likeness (QED) is 0.835. The summed E-state index contributed by atoms with van der Waals surface area (Å²) in [6.07, 6.45) is 2.94. The van der Waals surface area contributed by atoms with E-state index < -0.39 is 0 Å². The van der Waals surface area contributed by atoms with Crippen LogP contribution < -0.4 is 4.74 Å². The molecule has 104 valence electrons. The fourth-order valence-corrected chi connectivity index (χ4v) is 2.81. The number of halogens is 1. The lowest BCUT2D eigenvalue weighted by atomic mass is 10.1. The van der Waals surface area contributed by atoms with Crippen LogP contribution in [0.4, 0.5) is 0 Å². The molecular weight excluding hydrogens is 292 g/mol. The highest BCUT2D eigenvalue weighted by Crippen LogP contribution is 2.26. The number of thiazole rings is 1. The van der Waals surface area contributed by atoms with Crippen molar-refractivity contribution in [3.8, 4) is 11.8 Å². The van der Waals surface area contributed by atoms with Crippen molar-refractivity contribution in [2.75, 3.05) is 6.61 Å². The molecule has 0 unspecified atom stereocenters. The third kappa shape index (κ3) is 3.72. The highest BCUT2D eigenvalue weighted by molar-refractivity contribution is 7.11.